The first-order chi connectivity index (χ1) is 8.01. The van der Waals surface area contributed by atoms with E-state index >= 15 is 0 Å². The van der Waals surface area contributed by atoms with Gasteiger partial charge in [-0.3, -0.25) is 14.9 Å². The van der Waals surface area contributed by atoms with E-state index in [1.807, 2.05) is 0 Å². The lowest BCUT2D eigenvalue weighted by molar-refractivity contribution is -0.385. The summed E-state index contributed by atoms with van der Waals surface area (Å²) in [4.78, 5) is 22.9. The first kappa shape index (κ1) is 13.9. The third-order valence-corrected chi connectivity index (χ3v) is 2.94. The van der Waals surface area contributed by atoms with Crippen molar-refractivity contribution in [2.45, 2.75) is 0 Å². The summed E-state index contributed by atoms with van der Waals surface area (Å²) in [5.74, 6) is -0.466. The molecular formula is C10H9BrClN2O3. The number of hydrogen-bond acceptors (Lipinski definition) is 3. The predicted molar refractivity (Wildman–Crippen MR) is 69.2 cm³/mol. The van der Waals surface area contributed by atoms with Crippen LogP contribution in [0.3, 0.4) is 0 Å². The van der Waals surface area contributed by atoms with Crippen LogP contribution in [0.25, 0.3) is 0 Å². The van der Waals surface area contributed by atoms with Gasteiger partial charge in [0, 0.05) is 18.3 Å². The van der Waals surface area contributed by atoms with Gasteiger partial charge in [0.15, 0.2) is 0 Å². The van der Waals surface area contributed by atoms with Crippen LogP contribution in [0.15, 0.2) is 22.7 Å². The fraction of sp³-hybridized carbons (Fsp3) is 0.200. The van der Waals surface area contributed by atoms with Crippen LogP contribution in [-0.4, -0.2) is 23.3 Å². The molecule has 1 aromatic carbocycles. The van der Waals surface area contributed by atoms with Gasteiger partial charge in [0.25, 0.3) is 5.69 Å². The monoisotopic (exact) mass is 319 g/mol. The number of amides is 1. The zero-order chi connectivity index (χ0) is 13.0. The van der Waals surface area contributed by atoms with Crippen LogP contribution in [0.4, 0.5) is 11.4 Å². The van der Waals surface area contributed by atoms with Gasteiger partial charge in [0.1, 0.15) is 5.88 Å². The van der Waals surface area contributed by atoms with Crippen LogP contribution >= 0.6 is 27.5 Å². The number of nitro benzene ring substituents is 1. The van der Waals surface area contributed by atoms with Gasteiger partial charge in [-0.1, -0.05) is 0 Å². The Kier molecular flexibility index (Phi) is 4.89. The van der Waals surface area contributed by atoms with Gasteiger partial charge in [-0.15, -0.1) is 11.6 Å². The van der Waals surface area contributed by atoms with Crippen molar-refractivity contribution in [1.29, 1.82) is 0 Å². The maximum Gasteiger partial charge on any atom is 0.283 e. The normalized spacial score (nSPS) is 10.1. The van der Waals surface area contributed by atoms with Gasteiger partial charge < -0.3 is 4.90 Å². The summed E-state index contributed by atoms with van der Waals surface area (Å²) in [6.45, 7) is 3.82. The molecule has 1 radical (unpaired) electrons. The average Bonchev–Trinajstić information content (AvgIpc) is 2.29. The van der Waals surface area contributed by atoms with Crippen LogP contribution in [0.2, 0.25) is 0 Å². The van der Waals surface area contributed by atoms with Gasteiger partial charge in [-0.05, 0) is 35.0 Å². The largest absolute Gasteiger partial charge is 0.311 e. The number of halogens is 2. The molecule has 1 rings (SSSR count). The highest BCUT2D eigenvalue weighted by Gasteiger charge is 2.17. The lowest BCUT2D eigenvalue weighted by atomic mass is 10.2. The molecule has 0 spiro atoms. The Morgan fingerprint density at radius 1 is 1.59 bits per heavy atom. The first-order valence-electron chi connectivity index (χ1n) is 4.60. The fourth-order valence-corrected chi connectivity index (χ4v) is 1.94. The maximum atomic E-state index is 11.5. The van der Waals surface area contributed by atoms with Gasteiger partial charge in [-0.25, -0.2) is 0 Å². The highest BCUT2D eigenvalue weighted by Crippen LogP contribution is 2.29. The van der Waals surface area contributed by atoms with Crippen LogP contribution in [0.1, 0.15) is 0 Å². The predicted octanol–water partition coefficient (Wildman–Crippen LogP) is 2.76. The lowest BCUT2D eigenvalue weighted by Gasteiger charge is -2.19. The number of benzene rings is 1. The second-order valence-corrected chi connectivity index (χ2v) is 4.19. The number of nitro groups is 1. The van der Waals surface area contributed by atoms with E-state index in [4.69, 9.17) is 11.6 Å². The number of nitrogens with zero attached hydrogens (tertiary/aromatic N) is 2. The molecule has 91 valence electrons. The molecule has 0 heterocycles. The molecule has 0 aliphatic heterocycles. The highest BCUT2D eigenvalue weighted by molar-refractivity contribution is 9.10. The molecule has 5 nitrogen and oxygen atoms in total. The summed E-state index contributed by atoms with van der Waals surface area (Å²) in [6.07, 6.45) is 0. The van der Waals surface area contributed by atoms with Crippen molar-refractivity contribution < 1.29 is 9.72 Å². The van der Waals surface area contributed by atoms with Crippen LogP contribution in [-0.2, 0) is 4.79 Å². The summed E-state index contributed by atoms with van der Waals surface area (Å²) in [5, 5.41) is 10.6. The molecule has 0 unspecified atom stereocenters. The summed E-state index contributed by atoms with van der Waals surface area (Å²) < 4.78 is 0.306. The Balaban J connectivity index is 3.11. The third kappa shape index (κ3) is 3.17. The number of rotatable bonds is 4. The van der Waals surface area contributed by atoms with E-state index in [1.54, 1.807) is 0 Å². The van der Waals surface area contributed by atoms with E-state index in [2.05, 4.69) is 22.9 Å². The van der Waals surface area contributed by atoms with Gasteiger partial charge >= 0.3 is 0 Å². The molecular weight excluding hydrogens is 311 g/mol. The summed E-state index contributed by atoms with van der Waals surface area (Å²) >= 11 is 8.54. The molecule has 0 saturated heterocycles. The number of hydrogen-bond donors (Lipinski definition) is 0. The van der Waals surface area contributed by atoms with E-state index in [1.165, 1.54) is 23.1 Å². The third-order valence-electron chi connectivity index (χ3n) is 2.08. The summed E-state index contributed by atoms with van der Waals surface area (Å²) in [6, 6.07) is 4.30. The Hall–Kier alpha value is -1.14. The smallest absolute Gasteiger partial charge is 0.283 e. The highest BCUT2D eigenvalue weighted by atomic mass is 79.9. The summed E-state index contributed by atoms with van der Waals surface area (Å²) in [5.41, 5.74) is 0.458. The Bertz CT molecular complexity index is 453. The minimum Gasteiger partial charge on any atom is -0.311 e. The molecule has 0 aliphatic rings. The molecule has 0 aliphatic carbocycles. The van der Waals surface area contributed by atoms with Crippen molar-refractivity contribution in [2.24, 2.45) is 0 Å². The van der Waals surface area contributed by atoms with E-state index in [0.717, 1.165) is 0 Å². The summed E-state index contributed by atoms with van der Waals surface area (Å²) in [7, 11) is 0. The van der Waals surface area contributed by atoms with Crippen molar-refractivity contribution in [3.63, 3.8) is 0 Å². The second kappa shape index (κ2) is 5.97. The lowest BCUT2D eigenvalue weighted by Crippen LogP contribution is -2.31. The van der Waals surface area contributed by atoms with Gasteiger partial charge in [0.2, 0.25) is 5.91 Å². The van der Waals surface area contributed by atoms with Gasteiger partial charge in [0.05, 0.1) is 9.40 Å². The molecule has 17 heavy (non-hydrogen) atoms. The molecule has 0 N–H and O–H groups in total. The van der Waals surface area contributed by atoms with Crippen molar-refractivity contribution in [3.05, 3.63) is 39.7 Å². The number of alkyl halides is 1. The maximum absolute atomic E-state index is 11.5. The number of carbonyl (C=O) groups is 1. The van der Waals surface area contributed by atoms with Crippen molar-refractivity contribution in [1.82, 2.24) is 0 Å². The molecule has 0 aromatic heterocycles. The molecule has 0 fully saturated rings. The van der Waals surface area contributed by atoms with Crippen LogP contribution in [0.5, 0.6) is 0 Å². The topological polar surface area (TPSA) is 63.5 Å². The Morgan fingerprint density at radius 2 is 2.24 bits per heavy atom. The first-order valence-corrected chi connectivity index (χ1v) is 5.93. The van der Waals surface area contributed by atoms with E-state index in [-0.39, 0.29) is 24.0 Å². The van der Waals surface area contributed by atoms with E-state index in [9.17, 15) is 14.9 Å². The molecule has 0 saturated carbocycles. The zero-order valence-corrected chi connectivity index (χ0v) is 11.1. The number of anilines is 1. The molecule has 1 amide bonds. The van der Waals surface area contributed by atoms with Crippen LogP contribution < -0.4 is 4.90 Å². The molecule has 7 heteroatoms. The second-order valence-electron chi connectivity index (χ2n) is 3.07. The quantitative estimate of drug-likeness (QED) is 0.487. The fourth-order valence-electron chi connectivity index (χ4n) is 1.28. The Morgan fingerprint density at radius 3 is 2.65 bits per heavy atom. The molecule has 0 bridgehead atoms. The van der Waals surface area contributed by atoms with Gasteiger partial charge in [-0.2, -0.15) is 0 Å². The standard InChI is InChI=1S/C10H9BrClN2O3/c1-2-13(10(15)6-12)7-3-4-9(14(16)17)8(11)5-7/h3-5H,1-2,6H2. The Labute approximate surface area is 112 Å². The van der Waals surface area contributed by atoms with Crippen molar-refractivity contribution in [3.8, 4) is 0 Å². The minimum atomic E-state index is -0.508. The van der Waals surface area contributed by atoms with Crippen LogP contribution in [0, 0.1) is 17.0 Å². The number of carbonyl (C=O) groups excluding carboxylic acids is 1. The average molecular weight is 321 g/mol. The van der Waals surface area contributed by atoms with Crippen molar-refractivity contribution >= 4 is 44.8 Å². The van der Waals surface area contributed by atoms with E-state index in [0.29, 0.717) is 10.2 Å². The molecule has 0 atom stereocenters. The SMILES string of the molecule is [CH2]CN(C(=O)CCl)c1ccc([N+](=O)[O-])c(Br)c1. The van der Waals surface area contributed by atoms with Crippen molar-refractivity contribution in [2.75, 3.05) is 17.3 Å². The van der Waals surface area contributed by atoms with E-state index < -0.39 is 4.92 Å². The molecule has 1 aromatic rings. The zero-order valence-electron chi connectivity index (χ0n) is 8.73. The minimum absolute atomic E-state index is 0.0592.